The van der Waals surface area contributed by atoms with Crippen molar-refractivity contribution in [3.05, 3.63) is 0 Å². The Hall–Kier alpha value is 0. The molecule has 170 valence electrons. The van der Waals surface area contributed by atoms with E-state index in [0.29, 0.717) is 0 Å². The molecular formula is C28H58. The average Bonchev–Trinajstić information content (AvgIpc) is 2.71. The topological polar surface area (TPSA) is 0 Å². The third-order valence-corrected chi connectivity index (χ3v) is 6.65. The predicted octanol–water partition coefficient (Wildman–Crippen LogP) is 11.0. The van der Waals surface area contributed by atoms with Gasteiger partial charge in [-0.05, 0) is 5.92 Å². The minimum Gasteiger partial charge on any atom is -0.0654 e. The second-order valence-corrected chi connectivity index (χ2v) is 9.60. The first-order valence-corrected chi connectivity index (χ1v) is 13.8. The summed E-state index contributed by atoms with van der Waals surface area (Å²) in [5.41, 5.74) is 0. The molecule has 0 heterocycles. The predicted molar refractivity (Wildman–Crippen MR) is 131 cm³/mol. The van der Waals surface area contributed by atoms with Crippen LogP contribution in [0, 0.1) is 5.92 Å². The van der Waals surface area contributed by atoms with Crippen molar-refractivity contribution in [3.63, 3.8) is 0 Å². The molecule has 0 radical (unpaired) electrons. The maximum Gasteiger partial charge on any atom is -0.0414 e. The Bertz CT molecular complexity index is 257. The summed E-state index contributed by atoms with van der Waals surface area (Å²) in [4.78, 5) is 0. The molecule has 0 saturated carbocycles. The Morgan fingerprint density at radius 2 is 0.500 bits per heavy atom. The van der Waals surface area contributed by atoms with E-state index in [1.165, 1.54) is 154 Å². The van der Waals surface area contributed by atoms with Gasteiger partial charge < -0.3 is 0 Å². The van der Waals surface area contributed by atoms with Crippen molar-refractivity contribution in [1.29, 1.82) is 0 Å². The standard InChI is InChI=1S/C28H58/c1-4-7-10-13-16-18-21-24-27-28(25-22-19-15-12-9-6-3)26-23-20-17-14-11-8-5-2/h28H,4-27H2,1-3H3. The molecule has 0 saturated heterocycles. The highest BCUT2D eigenvalue weighted by Crippen LogP contribution is 2.25. The fourth-order valence-electron chi connectivity index (χ4n) is 4.60. The summed E-state index contributed by atoms with van der Waals surface area (Å²) in [6.07, 6.45) is 35.3. The molecule has 0 aromatic rings. The van der Waals surface area contributed by atoms with Crippen molar-refractivity contribution >= 4 is 0 Å². The van der Waals surface area contributed by atoms with Crippen LogP contribution in [0.1, 0.15) is 175 Å². The number of rotatable bonds is 24. The van der Waals surface area contributed by atoms with E-state index in [1.807, 2.05) is 0 Å². The van der Waals surface area contributed by atoms with Crippen LogP contribution in [0.25, 0.3) is 0 Å². The second-order valence-electron chi connectivity index (χ2n) is 9.60. The molecule has 0 N–H and O–H groups in total. The summed E-state index contributed by atoms with van der Waals surface area (Å²) >= 11 is 0. The molecule has 1 atom stereocenters. The smallest absolute Gasteiger partial charge is 0.0414 e. The van der Waals surface area contributed by atoms with Crippen molar-refractivity contribution in [1.82, 2.24) is 0 Å². The van der Waals surface area contributed by atoms with E-state index in [-0.39, 0.29) is 0 Å². The van der Waals surface area contributed by atoms with Gasteiger partial charge in [-0.2, -0.15) is 0 Å². The van der Waals surface area contributed by atoms with E-state index in [2.05, 4.69) is 20.8 Å². The first-order valence-electron chi connectivity index (χ1n) is 13.8. The molecule has 0 rings (SSSR count). The second kappa shape index (κ2) is 25.0. The van der Waals surface area contributed by atoms with E-state index < -0.39 is 0 Å². The highest BCUT2D eigenvalue weighted by atomic mass is 14.1. The van der Waals surface area contributed by atoms with Crippen LogP contribution in [0.2, 0.25) is 0 Å². The Balaban J connectivity index is 3.78. The zero-order valence-corrected chi connectivity index (χ0v) is 20.5. The molecule has 0 bridgehead atoms. The lowest BCUT2D eigenvalue weighted by Crippen LogP contribution is -2.01. The quantitative estimate of drug-likeness (QED) is 0.143. The summed E-state index contributed by atoms with van der Waals surface area (Å²) < 4.78 is 0. The van der Waals surface area contributed by atoms with Crippen LogP contribution in [-0.4, -0.2) is 0 Å². The van der Waals surface area contributed by atoms with E-state index in [1.54, 1.807) is 0 Å². The molecule has 0 aliphatic heterocycles. The zero-order chi connectivity index (χ0) is 20.5. The minimum absolute atomic E-state index is 1.04. The summed E-state index contributed by atoms with van der Waals surface area (Å²) in [6, 6.07) is 0. The lowest BCUT2D eigenvalue weighted by molar-refractivity contribution is 0.365. The monoisotopic (exact) mass is 394 g/mol. The van der Waals surface area contributed by atoms with Crippen molar-refractivity contribution < 1.29 is 0 Å². The number of hydrogen-bond acceptors (Lipinski definition) is 0. The van der Waals surface area contributed by atoms with E-state index in [0.717, 1.165) is 5.92 Å². The molecule has 0 spiro atoms. The fourth-order valence-corrected chi connectivity index (χ4v) is 4.60. The molecule has 0 aromatic heterocycles. The molecule has 1 unspecified atom stereocenters. The maximum atomic E-state index is 2.32. The van der Waals surface area contributed by atoms with E-state index in [9.17, 15) is 0 Å². The van der Waals surface area contributed by atoms with Gasteiger partial charge >= 0.3 is 0 Å². The summed E-state index contributed by atoms with van der Waals surface area (Å²) in [7, 11) is 0. The molecular weight excluding hydrogens is 336 g/mol. The molecule has 0 aliphatic rings. The van der Waals surface area contributed by atoms with E-state index >= 15 is 0 Å². The van der Waals surface area contributed by atoms with E-state index in [4.69, 9.17) is 0 Å². The Morgan fingerprint density at radius 3 is 0.750 bits per heavy atom. The van der Waals surface area contributed by atoms with Gasteiger partial charge in [0.05, 0.1) is 0 Å². The molecule has 28 heavy (non-hydrogen) atoms. The van der Waals surface area contributed by atoms with Gasteiger partial charge in [0.15, 0.2) is 0 Å². The van der Waals surface area contributed by atoms with Gasteiger partial charge in [0.25, 0.3) is 0 Å². The lowest BCUT2D eigenvalue weighted by atomic mass is 9.89. The molecule has 0 fully saturated rings. The maximum absolute atomic E-state index is 2.32. The first-order chi connectivity index (χ1) is 13.8. The Labute approximate surface area is 181 Å². The third-order valence-electron chi connectivity index (χ3n) is 6.65. The minimum atomic E-state index is 1.04. The molecule has 0 aromatic carbocycles. The average molecular weight is 395 g/mol. The van der Waals surface area contributed by atoms with Gasteiger partial charge in [0.1, 0.15) is 0 Å². The van der Waals surface area contributed by atoms with Gasteiger partial charge in [0, 0.05) is 0 Å². The van der Waals surface area contributed by atoms with Crippen molar-refractivity contribution in [2.75, 3.05) is 0 Å². The number of hydrogen-bond donors (Lipinski definition) is 0. The normalized spacial score (nSPS) is 12.5. The molecule has 0 amide bonds. The number of unbranched alkanes of at least 4 members (excludes halogenated alkanes) is 18. The van der Waals surface area contributed by atoms with Gasteiger partial charge in [-0.15, -0.1) is 0 Å². The Kier molecular flexibility index (Phi) is 25.0. The van der Waals surface area contributed by atoms with Crippen molar-refractivity contribution in [2.24, 2.45) is 5.92 Å². The third kappa shape index (κ3) is 22.3. The van der Waals surface area contributed by atoms with Crippen LogP contribution >= 0.6 is 0 Å². The summed E-state index contributed by atoms with van der Waals surface area (Å²) in [6.45, 7) is 6.95. The van der Waals surface area contributed by atoms with Crippen LogP contribution in [0.5, 0.6) is 0 Å². The van der Waals surface area contributed by atoms with Crippen LogP contribution < -0.4 is 0 Å². The first kappa shape index (κ1) is 28.0. The zero-order valence-electron chi connectivity index (χ0n) is 20.5. The SMILES string of the molecule is CCCCCCCCCCC(CCCCCCCC)CCCCCCCCC. The summed E-state index contributed by atoms with van der Waals surface area (Å²) in [5, 5.41) is 0. The highest BCUT2D eigenvalue weighted by molar-refractivity contribution is 4.62. The van der Waals surface area contributed by atoms with Gasteiger partial charge in [-0.3, -0.25) is 0 Å². The van der Waals surface area contributed by atoms with Crippen LogP contribution in [0.15, 0.2) is 0 Å². The van der Waals surface area contributed by atoms with Crippen LogP contribution in [0.4, 0.5) is 0 Å². The highest BCUT2D eigenvalue weighted by Gasteiger charge is 2.08. The van der Waals surface area contributed by atoms with Crippen molar-refractivity contribution in [2.45, 2.75) is 175 Å². The van der Waals surface area contributed by atoms with Gasteiger partial charge in [-0.1, -0.05) is 175 Å². The summed E-state index contributed by atoms with van der Waals surface area (Å²) in [5.74, 6) is 1.04. The van der Waals surface area contributed by atoms with Crippen LogP contribution in [-0.2, 0) is 0 Å². The van der Waals surface area contributed by atoms with Gasteiger partial charge in [-0.25, -0.2) is 0 Å². The Morgan fingerprint density at radius 1 is 0.286 bits per heavy atom. The van der Waals surface area contributed by atoms with Gasteiger partial charge in [0.2, 0.25) is 0 Å². The lowest BCUT2D eigenvalue weighted by Gasteiger charge is -2.17. The van der Waals surface area contributed by atoms with Crippen LogP contribution in [0.3, 0.4) is 0 Å². The molecule has 0 aliphatic carbocycles. The largest absolute Gasteiger partial charge is 0.0654 e. The molecule has 0 heteroatoms. The fraction of sp³-hybridized carbons (Fsp3) is 1.00. The molecule has 0 nitrogen and oxygen atoms in total. The van der Waals surface area contributed by atoms with Crippen molar-refractivity contribution in [3.8, 4) is 0 Å².